The quantitative estimate of drug-likeness (QED) is 0.845. The van der Waals surface area contributed by atoms with Gasteiger partial charge in [-0.05, 0) is 38.2 Å². The van der Waals surface area contributed by atoms with Gasteiger partial charge in [0.15, 0.2) is 5.69 Å². The van der Waals surface area contributed by atoms with E-state index in [1.807, 2.05) is 0 Å². The fourth-order valence-corrected chi connectivity index (χ4v) is 3.46. The maximum Gasteiger partial charge on any atom is 0.276 e. The Kier molecular flexibility index (Phi) is 3.70. The molecule has 126 valence electrons. The van der Waals surface area contributed by atoms with E-state index in [-0.39, 0.29) is 17.4 Å². The lowest BCUT2D eigenvalue weighted by molar-refractivity contribution is 0.0447. The first-order chi connectivity index (χ1) is 11.6. The number of amides is 1. The minimum absolute atomic E-state index is 0.0347. The number of hydrogen-bond acceptors (Lipinski definition) is 5. The predicted octanol–water partition coefficient (Wildman–Crippen LogP) is 1.19. The van der Waals surface area contributed by atoms with Crippen molar-refractivity contribution in [2.45, 2.75) is 39.2 Å². The second-order valence-electron chi connectivity index (χ2n) is 6.74. The summed E-state index contributed by atoms with van der Waals surface area (Å²) >= 11 is 0. The molecule has 1 aliphatic heterocycles. The highest BCUT2D eigenvalue weighted by molar-refractivity contribution is 5.92. The third-order valence-corrected chi connectivity index (χ3v) is 4.80. The Morgan fingerprint density at radius 3 is 2.83 bits per heavy atom. The molecule has 2 aromatic heterocycles. The molecule has 7 heteroatoms. The van der Waals surface area contributed by atoms with Crippen LogP contribution in [-0.4, -0.2) is 38.8 Å². The fourth-order valence-electron chi connectivity index (χ4n) is 3.46. The average Bonchev–Trinajstić information content (AvgIpc) is 2.96. The molecule has 4 rings (SSSR count). The molecule has 0 unspecified atom stereocenters. The first-order valence-corrected chi connectivity index (χ1v) is 8.42. The lowest BCUT2D eigenvalue weighted by Crippen LogP contribution is -2.52. The van der Waals surface area contributed by atoms with Crippen LogP contribution in [0.1, 0.15) is 40.3 Å². The SMILES string of the molecule is Cc1cc(C(=O)N2CC(Cn3nc4c(cc3=O)CCCC4)C2)no1. The van der Waals surface area contributed by atoms with Crippen molar-refractivity contribution in [2.75, 3.05) is 13.1 Å². The van der Waals surface area contributed by atoms with Crippen LogP contribution < -0.4 is 5.56 Å². The van der Waals surface area contributed by atoms with E-state index in [9.17, 15) is 9.59 Å². The van der Waals surface area contributed by atoms with Gasteiger partial charge in [0.25, 0.3) is 11.5 Å². The number of fused-ring (bicyclic) bond motifs is 1. The van der Waals surface area contributed by atoms with Gasteiger partial charge in [-0.3, -0.25) is 9.59 Å². The molecule has 0 aromatic carbocycles. The van der Waals surface area contributed by atoms with Gasteiger partial charge in [-0.1, -0.05) is 5.16 Å². The normalized spacial score (nSPS) is 17.5. The van der Waals surface area contributed by atoms with Gasteiger partial charge in [0.05, 0.1) is 12.2 Å². The van der Waals surface area contributed by atoms with Crippen molar-refractivity contribution < 1.29 is 9.32 Å². The number of aromatic nitrogens is 3. The lowest BCUT2D eigenvalue weighted by atomic mass is 9.96. The standard InChI is InChI=1S/C17H20N4O3/c1-11-6-15(19-24-11)17(23)20-8-12(9-20)10-21-16(22)7-13-4-2-3-5-14(13)18-21/h6-7,12H,2-5,8-10H2,1H3. The van der Waals surface area contributed by atoms with E-state index in [1.165, 1.54) is 0 Å². The summed E-state index contributed by atoms with van der Waals surface area (Å²) in [5, 5.41) is 8.30. The molecule has 0 N–H and O–H groups in total. The van der Waals surface area contributed by atoms with Crippen molar-refractivity contribution in [3.05, 3.63) is 45.2 Å². The van der Waals surface area contributed by atoms with Gasteiger partial charge in [0, 0.05) is 31.1 Å². The van der Waals surface area contributed by atoms with Crippen LogP contribution >= 0.6 is 0 Å². The molecule has 1 amide bonds. The lowest BCUT2D eigenvalue weighted by Gasteiger charge is -2.38. The van der Waals surface area contributed by atoms with Gasteiger partial charge in [-0.2, -0.15) is 5.10 Å². The summed E-state index contributed by atoms with van der Waals surface area (Å²) in [6.45, 7) is 3.57. The number of carbonyl (C=O) groups excluding carboxylic acids is 1. The summed E-state index contributed by atoms with van der Waals surface area (Å²) in [4.78, 5) is 26.1. The van der Waals surface area contributed by atoms with Crippen molar-refractivity contribution >= 4 is 5.91 Å². The van der Waals surface area contributed by atoms with Gasteiger partial charge in [-0.25, -0.2) is 4.68 Å². The molecule has 1 fully saturated rings. The molecule has 0 saturated carbocycles. The minimum Gasteiger partial charge on any atom is -0.361 e. The fraction of sp³-hybridized carbons (Fsp3) is 0.529. The van der Waals surface area contributed by atoms with E-state index in [0.29, 0.717) is 31.1 Å². The molecule has 3 heterocycles. The van der Waals surface area contributed by atoms with Crippen molar-refractivity contribution in [1.29, 1.82) is 0 Å². The number of hydrogen-bond donors (Lipinski definition) is 0. The summed E-state index contributed by atoms with van der Waals surface area (Å²) in [7, 11) is 0. The van der Waals surface area contributed by atoms with Crippen molar-refractivity contribution in [3.8, 4) is 0 Å². The number of carbonyl (C=O) groups is 1. The van der Waals surface area contributed by atoms with E-state index in [0.717, 1.165) is 36.9 Å². The smallest absolute Gasteiger partial charge is 0.276 e. The Labute approximate surface area is 139 Å². The van der Waals surface area contributed by atoms with Gasteiger partial charge >= 0.3 is 0 Å². The van der Waals surface area contributed by atoms with Crippen LogP contribution in [0.3, 0.4) is 0 Å². The molecule has 0 radical (unpaired) electrons. The molecular formula is C17H20N4O3. The van der Waals surface area contributed by atoms with Crippen molar-refractivity contribution in [1.82, 2.24) is 19.8 Å². The van der Waals surface area contributed by atoms with Crippen LogP contribution in [-0.2, 0) is 19.4 Å². The Morgan fingerprint density at radius 2 is 2.08 bits per heavy atom. The van der Waals surface area contributed by atoms with E-state index in [2.05, 4.69) is 10.3 Å². The zero-order valence-electron chi connectivity index (χ0n) is 13.7. The molecule has 1 aliphatic carbocycles. The molecule has 0 spiro atoms. The molecular weight excluding hydrogens is 308 g/mol. The maximum absolute atomic E-state index is 12.2. The Hall–Kier alpha value is -2.44. The minimum atomic E-state index is -0.117. The Bertz CT molecular complexity index is 833. The highest BCUT2D eigenvalue weighted by Crippen LogP contribution is 2.21. The average molecular weight is 328 g/mol. The molecule has 0 bridgehead atoms. The highest BCUT2D eigenvalue weighted by Gasteiger charge is 2.33. The molecule has 7 nitrogen and oxygen atoms in total. The largest absolute Gasteiger partial charge is 0.361 e. The van der Waals surface area contributed by atoms with Gasteiger partial charge < -0.3 is 9.42 Å². The zero-order chi connectivity index (χ0) is 16.7. The van der Waals surface area contributed by atoms with E-state index >= 15 is 0 Å². The summed E-state index contributed by atoms with van der Waals surface area (Å²) in [6, 6.07) is 3.38. The number of aryl methyl sites for hydroxylation is 3. The van der Waals surface area contributed by atoms with Gasteiger partial charge in [0.1, 0.15) is 5.76 Å². The van der Waals surface area contributed by atoms with Gasteiger partial charge in [0.2, 0.25) is 0 Å². The summed E-state index contributed by atoms with van der Waals surface area (Å²) in [5.74, 6) is 0.767. The molecule has 2 aromatic rings. The van der Waals surface area contributed by atoms with Crippen LogP contribution in [0.15, 0.2) is 21.5 Å². The van der Waals surface area contributed by atoms with Crippen LogP contribution in [0, 0.1) is 12.8 Å². The predicted molar refractivity (Wildman–Crippen MR) is 85.8 cm³/mol. The Balaban J connectivity index is 1.40. The molecule has 24 heavy (non-hydrogen) atoms. The van der Waals surface area contributed by atoms with E-state index in [4.69, 9.17) is 4.52 Å². The Morgan fingerprint density at radius 1 is 1.29 bits per heavy atom. The summed E-state index contributed by atoms with van der Waals surface area (Å²) in [5.41, 5.74) is 2.48. The first kappa shape index (κ1) is 15.1. The number of nitrogens with zero attached hydrogens (tertiary/aromatic N) is 4. The topological polar surface area (TPSA) is 81.2 Å². The first-order valence-electron chi connectivity index (χ1n) is 8.42. The van der Waals surface area contributed by atoms with Crippen molar-refractivity contribution in [3.63, 3.8) is 0 Å². The molecule has 0 atom stereocenters. The third kappa shape index (κ3) is 2.74. The van der Waals surface area contributed by atoms with Crippen LogP contribution in [0.2, 0.25) is 0 Å². The highest BCUT2D eigenvalue weighted by atomic mass is 16.5. The monoisotopic (exact) mass is 328 g/mol. The zero-order valence-corrected chi connectivity index (χ0v) is 13.7. The van der Waals surface area contributed by atoms with Crippen LogP contribution in [0.4, 0.5) is 0 Å². The number of likely N-dealkylation sites (tertiary alicyclic amines) is 1. The van der Waals surface area contributed by atoms with Gasteiger partial charge in [-0.15, -0.1) is 0 Å². The third-order valence-electron chi connectivity index (χ3n) is 4.80. The molecule has 2 aliphatic rings. The second kappa shape index (κ2) is 5.89. The number of rotatable bonds is 3. The van der Waals surface area contributed by atoms with E-state index in [1.54, 1.807) is 28.6 Å². The molecule has 1 saturated heterocycles. The van der Waals surface area contributed by atoms with Crippen LogP contribution in [0.5, 0.6) is 0 Å². The van der Waals surface area contributed by atoms with Crippen LogP contribution in [0.25, 0.3) is 0 Å². The van der Waals surface area contributed by atoms with E-state index < -0.39 is 0 Å². The second-order valence-corrected chi connectivity index (χ2v) is 6.74. The maximum atomic E-state index is 12.2. The summed E-state index contributed by atoms with van der Waals surface area (Å²) in [6.07, 6.45) is 4.19. The van der Waals surface area contributed by atoms with Crippen molar-refractivity contribution in [2.24, 2.45) is 5.92 Å². The summed E-state index contributed by atoms with van der Waals surface area (Å²) < 4.78 is 6.51.